The van der Waals surface area contributed by atoms with Crippen LogP contribution in [0.1, 0.15) is 31.3 Å². The quantitative estimate of drug-likeness (QED) is 0.589. The number of rotatable bonds is 1. The van der Waals surface area contributed by atoms with Crippen LogP contribution >= 0.6 is 0 Å². The molecule has 0 aliphatic carbocycles. The normalized spacial score (nSPS) is 10.4. The molecule has 0 radical (unpaired) electrons. The van der Waals surface area contributed by atoms with Crippen molar-refractivity contribution in [3.05, 3.63) is 23.8 Å². The summed E-state index contributed by atoms with van der Waals surface area (Å²) in [4.78, 5) is 8.39. The minimum Gasteiger partial charge on any atom is -0.241 e. The standard InChI is InChI=1S/C8H12N2/c1-6(2)8-9-5-4-7(3)10-8/h4-6H,1-3H3. The minimum absolute atomic E-state index is 0.430. The fourth-order valence-corrected chi connectivity index (χ4v) is 0.746. The second-order valence-corrected chi connectivity index (χ2v) is 2.71. The van der Waals surface area contributed by atoms with Gasteiger partial charge in [0.2, 0.25) is 0 Å². The van der Waals surface area contributed by atoms with Crippen molar-refractivity contribution in [2.75, 3.05) is 0 Å². The number of nitrogens with zero attached hydrogens (tertiary/aromatic N) is 2. The molecule has 0 unspecified atom stereocenters. The van der Waals surface area contributed by atoms with Crippen LogP contribution in [0.5, 0.6) is 0 Å². The van der Waals surface area contributed by atoms with Gasteiger partial charge >= 0.3 is 0 Å². The third-order valence-electron chi connectivity index (χ3n) is 1.33. The van der Waals surface area contributed by atoms with Crippen LogP contribution in [0.3, 0.4) is 0 Å². The van der Waals surface area contributed by atoms with Gasteiger partial charge < -0.3 is 0 Å². The summed E-state index contributed by atoms with van der Waals surface area (Å²) < 4.78 is 0. The van der Waals surface area contributed by atoms with E-state index in [9.17, 15) is 0 Å². The highest BCUT2D eigenvalue weighted by atomic mass is 14.9. The largest absolute Gasteiger partial charge is 0.241 e. The third kappa shape index (κ3) is 1.53. The molecule has 0 aliphatic rings. The van der Waals surface area contributed by atoms with Crippen molar-refractivity contribution in [2.24, 2.45) is 0 Å². The van der Waals surface area contributed by atoms with Gasteiger partial charge in [0, 0.05) is 17.8 Å². The van der Waals surface area contributed by atoms with Gasteiger partial charge in [-0.3, -0.25) is 0 Å². The predicted octanol–water partition coefficient (Wildman–Crippen LogP) is 1.91. The molecule has 2 heteroatoms. The average molecular weight is 136 g/mol. The van der Waals surface area contributed by atoms with Crippen molar-refractivity contribution in [3.8, 4) is 0 Å². The minimum atomic E-state index is 0.430. The summed E-state index contributed by atoms with van der Waals surface area (Å²) in [7, 11) is 0. The first kappa shape index (κ1) is 7.19. The van der Waals surface area contributed by atoms with E-state index in [0.29, 0.717) is 5.92 Å². The topological polar surface area (TPSA) is 25.8 Å². The fraction of sp³-hybridized carbons (Fsp3) is 0.500. The van der Waals surface area contributed by atoms with Gasteiger partial charge in [0.15, 0.2) is 0 Å². The predicted molar refractivity (Wildman–Crippen MR) is 40.9 cm³/mol. The van der Waals surface area contributed by atoms with Gasteiger partial charge in [0.25, 0.3) is 0 Å². The summed E-state index contributed by atoms with van der Waals surface area (Å²) in [6, 6.07) is 1.91. The van der Waals surface area contributed by atoms with Crippen LogP contribution in [0.15, 0.2) is 12.3 Å². The number of hydrogen-bond acceptors (Lipinski definition) is 2. The molecule has 1 rings (SSSR count). The maximum absolute atomic E-state index is 4.26. The lowest BCUT2D eigenvalue weighted by atomic mass is 10.2. The maximum atomic E-state index is 4.26. The molecule has 10 heavy (non-hydrogen) atoms. The molecule has 0 saturated carbocycles. The van der Waals surface area contributed by atoms with Crippen LogP contribution in [0.2, 0.25) is 0 Å². The molecule has 1 aromatic heterocycles. The van der Waals surface area contributed by atoms with E-state index < -0.39 is 0 Å². The summed E-state index contributed by atoms with van der Waals surface area (Å²) in [6.07, 6.45) is 1.80. The monoisotopic (exact) mass is 136 g/mol. The molecule has 0 spiro atoms. The Balaban J connectivity index is 2.96. The van der Waals surface area contributed by atoms with Crippen LogP contribution in [0, 0.1) is 6.92 Å². The first-order valence-electron chi connectivity index (χ1n) is 3.49. The highest BCUT2D eigenvalue weighted by Gasteiger charge is 1.99. The van der Waals surface area contributed by atoms with Gasteiger partial charge in [-0.1, -0.05) is 13.8 Å². The molecule has 0 saturated heterocycles. The van der Waals surface area contributed by atoms with E-state index in [1.807, 2.05) is 13.0 Å². The summed E-state index contributed by atoms with van der Waals surface area (Å²) in [5.41, 5.74) is 1.04. The molecule has 0 atom stereocenters. The SMILES string of the molecule is Cc1ccnc(C(C)C)n1. The van der Waals surface area contributed by atoms with E-state index in [2.05, 4.69) is 23.8 Å². The Labute approximate surface area is 61.3 Å². The molecule has 0 bridgehead atoms. The molecule has 0 aliphatic heterocycles. The number of aromatic nitrogens is 2. The number of aryl methyl sites for hydroxylation is 1. The van der Waals surface area contributed by atoms with E-state index in [1.165, 1.54) is 0 Å². The highest BCUT2D eigenvalue weighted by molar-refractivity contribution is 5.01. The molecule has 0 aromatic carbocycles. The fourth-order valence-electron chi connectivity index (χ4n) is 0.746. The van der Waals surface area contributed by atoms with Crippen molar-refractivity contribution < 1.29 is 0 Å². The van der Waals surface area contributed by atoms with Crippen LogP contribution in [-0.4, -0.2) is 9.97 Å². The Hall–Kier alpha value is -0.920. The van der Waals surface area contributed by atoms with Gasteiger partial charge in [0.1, 0.15) is 5.82 Å². The van der Waals surface area contributed by atoms with Crippen molar-refractivity contribution in [3.63, 3.8) is 0 Å². The highest BCUT2D eigenvalue weighted by Crippen LogP contribution is 2.06. The van der Waals surface area contributed by atoms with Crippen LogP contribution < -0.4 is 0 Å². The average Bonchev–Trinajstić information content (AvgIpc) is 1.88. The Bertz CT molecular complexity index is 218. The Morgan fingerprint density at radius 1 is 1.40 bits per heavy atom. The number of hydrogen-bond donors (Lipinski definition) is 0. The van der Waals surface area contributed by atoms with E-state index in [4.69, 9.17) is 0 Å². The van der Waals surface area contributed by atoms with Gasteiger partial charge in [-0.25, -0.2) is 9.97 Å². The van der Waals surface area contributed by atoms with E-state index >= 15 is 0 Å². The Morgan fingerprint density at radius 2 is 2.10 bits per heavy atom. The summed E-state index contributed by atoms with van der Waals surface area (Å²) in [5.74, 6) is 1.36. The zero-order valence-electron chi connectivity index (χ0n) is 6.63. The van der Waals surface area contributed by atoms with Gasteiger partial charge in [-0.05, 0) is 13.0 Å². The molecule has 0 N–H and O–H groups in total. The van der Waals surface area contributed by atoms with Gasteiger partial charge in [0.05, 0.1) is 0 Å². The van der Waals surface area contributed by atoms with Crippen molar-refractivity contribution in [2.45, 2.75) is 26.7 Å². The molecular weight excluding hydrogens is 124 g/mol. The van der Waals surface area contributed by atoms with E-state index in [1.54, 1.807) is 6.20 Å². The summed E-state index contributed by atoms with van der Waals surface area (Å²) in [6.45, 7) is 6.16. The first-order valence-corrected chi connectivity index (χ1v) is 3.49. The molecule has 0 fully saturated rings. The maximum Gasteiger partial charge on any atom is 0.131 e. The van der Waals surface area contributed by atoms with Crippen molar-refractivity contribution in [1.29, 1.82) is 0 Å². The molecule has 54 valence electrons. The molecular formula is C8H12N2. The van der Waals surface area contributed by atoms with Crippen molar-refractivity contribution in [1.82, 2.24) is 9.97 Å². The van der Waals surface area contributed by atoms with Crippen LogP contribution in [-0.2, 0) is 0 Å². The summed E-state index contributed by atoms with van der Waals surface area (Å²) >= 11 is 0. The smallest absolute Gasteiger partial charge is 0.131 e. The lowest BCUT2D eigenvalue weighted by Gasteiger charge is -2.01. The van der Waals surface area contributed by atoms with E-state index in [0.717, 1.165) is 11.5 Å². The second kappa shape index (κ2) is 2.78. The first-order chi connectivity index (χ1) is 4.70. The Kier molecular flexibility index (Phi) is 2.00. The van der Waals surface area contributed by atoms with Crippen molar-refractivity contribution >= 4 is 0 Å². The second-order valence-electron chi connectivity index (χ2n) is 2.71. The van der Waals surface area contributed by atoms with Gasteiger partial charge in [-0.15, -0.1) is 0 Å². The summed E-state index contributed by atoms with van der Waals surface area (Å²) in [5, 5.41) is 0. The lowest BCUT2D eigenvalue weighted by Crippen LogP contribution is -1.97. The lowest BCUT2D eigenvalue weighted by molar-refractivity contribution is 0.766. The third-order valence-corrected chi connectivity index (χ3v) is 1.33. The molecule has 0 amide bonds. The Morgan fingerprint density at radius 3 is 2.50 bits per heavy atom. The zero-order chi connectivity index (χ0) is 7.56. The molecule has 1 aromatic rings. The van der Waals surface area contributed by atoms with Crippen LogP contribution in [0.4, 0.5) is 0 Å². The van der Waals surface area contributed by atoms with E-state index in [-0.39, 0.29) is 0 Å². The zero-order valence-corrected chi connectivity index (χ0v) is 6.63. The molecule has 1 heterocycles. The van der Waals surface area contributed by atoms with Crippen LogP contribution in [0.25, 0.3) is 0 Å². The molecule has 2 nitrogen and oxygen atoms in total. The van der Waals surface area contributed by atoms with Gasteiger partial charge in [-0.2, -0.15) is 0 Å².